The van der Waals surface area contributed by atoms with Gasteiger partial charge in [-0.3, -0.25) is 5.09 Å². The van der Waals surface area contributed by atoms with Crippen LogP contribution in [0.1, 0.15) is 30.5 Å². The van der Waals surface area contributed by atoms with Gasteiger partial charge in [0, 0.05) is 34.7 Å². The maximum absolute atomic E-state index is 11.9. The van der Waals surface area contributed by atoms with Crippen molar-refractivity contribution in [2.75, 3.05) is 6.61 Å². The van der Waals surface area contributed by atoms with E-state index in [1.54, 1.807) is 13.0 Å². The maximum atomic E-state index is 11.9. The number of esters is 1. The third kappa shape index (κ3) is 5.27. The minimum absolute atomic E-state index is 0.0308. The van der Waals surface area contributed by atoms with Gasteiger partial charge in [-0.25, -0.2) is 4.79 Å². The van der Waals surface area contributed by atoms with Crippen molar-refractivity contribution in [3.63, 3.8) is 0 Å². The number of aryl methyl sites for hydroxylation is 1. The van der Waals surface area contributed by atoms with Crippen molar-refractivity contribution < 1.29 is 14.3 Å². The largest absolute Gasteiger partial charge is 0.486 e. The molecule has 2 atom stereocenters. The Morgan fingerprint density at radius 1 is 1.06 bits per heavy atom. The van der Waals surface area contributed by atoms with Gasteiger partial charge in [-0.2, -0.15) is 0 Å². The molecule has 0 aromatic heterocycles. The van der Waals surface area contributed by atoms with E-state index in [0.717, 1.165) is 27.5 Å². The number of fused-ring (bicyclic) bond motifs is 1. The summed E-state index contributed by atoms with van der Waals surface area (Å²) in [7, 11) is 0. The number of hydrogen-bond acceptors (Lipinski definition) is 4. The van der Waals surface area contributed by atoms with E-state index in [-0.39, 0.29) is 18.1 Å². The number of hydrogen-bond donors (Lipinski definition) is 1. The van der Waals surface area contributed by atoms with Crippen LogP contribution in [-0.2, 0) is 21.3 Å². The molecular formula is C27H28NO3PS. The predicted octanol–water partition coefficient (Wildman–Crippen LogP) is 4.94. The fourth-order valence-electron chi connectivity index (χ4n) is 4.08. The van der Waals surface area contributed by atoms with Crippen LogP contribution in [0.5, 0.6) is 5.75 Å². The van der Waals surface area contributed by atoms with Crippen molar-refractivity contribution in [1.29, 1.82) is 0 Å². The highest BCUT2D eigenvalue weighted by molar-refractivity contribution is 8.20. The molecule has 33 heavy (non-hydrogen) atoms. The van der Waals surface area contributed by atoms with E-state index in [0.29, 0.717) is 13.0 Å². The fourth-order valence-corrected chi connectivity index (χ4v) is 7.65. The van der Waals surface area contributed by atoms with Crippen molar-refractivity contribution in [1.82, 2.24) is 5.09 Å². The Morgan fingerprint density at radius 2 is 1.70 bits per heavy atom. The van der Waals surface area contributed by atoms with Gasteiger partial charge in [-0.1, -0.05) is 90.7 Å². The normalized spacial score (nSPS) is 17.9. The molecule has 1 N–H and O–H groups in total. The molecule has 0 radical (unpaired) electrons. The summed E-state index contributed by atoms with van der Waals surface area (Å²) in [5.41, 5.74) is 2.15. The molecular weight excluding hydrogens is 449 g/mol. The summed E-state index contributed by atoms with van der Waals surface area (Å²) in [6, 6.07) is 26.7. The number of carbonyl (C=O) groups is 1. The topological polar surface area (TPSA) is 47.6 Å². The van der Waals surface area contributed by atoms with Crippen molar-refractivity contribution in [2.24, 2.45) is 0 Å². The number of ether oxygens (including phenoxy) is 2. The summed E-state index contributed by atoms with van der Waals surface area (Å²) in [5, 5.41) is 6.12. The monoisotopic (exact) mass is 477 g/mol. The first-order valence-electron chi connectivity index (χ1n) is 11.1. The highest BCUT2D eigenvalue weighted by Crippen LogP contribution is 2.46. The van der Waals surface area contributed by atoms with Gasteiger partial charge in [0.15, 0.2) is 0 Å². The lowest BCUT2D eigenvalue weighted by molar-refractivity contribution is -0.137. The highest BCUT2D eigenvalue weighted by atomic mass is 32.4. The van der Waals surface area contributed by atoms with E-state index in [9.17, 15) is 4.79 Å². The number of carbonyl (C=O) groups excluding carboxylic acids is 1. The zero-order valence-corrected chi connectivity index (χ0v) is 20.5. The summed E-state index contributed by atoms with van der Waals surface area (Å²) < 4.78 is 11.3. The van der Waals surface area contributed by atoms with Gasteiger partial charge in [0.1, 0.15) is 11.9 Å². The molecule has 4 nitrogen and oxygen atoms in total. The predicted molar refractivity (Wildman–Crippen MR) is 138 cm³/mol. The van der Waals surface area contributed by atoms with Gasteiger partial charge >= 0.3 is 5.97 Å². The Kier molecular flexibility index (Phi) is 7.44. The molecule has 1 heterocycles. The Labute approximate surface area is 200 Å². The first kappa shape index (κ1) is 23.4. The molecule has 3 aromatic rings. The van der Waals surface area contributed by atoms with Crippen LogP contribution in [0.4, 0.5) is 0 Å². The number of benzene rings is 3. The average molecular weight is 478 g/mol. The Hall–Kier alpha value is -2.72. The second-order valence-electron chi connectivity index (χ2n) is 7.96. The van der Waals surface area contributed by atoms with E-state index < -0.39 is 6.19 Å². The molecule has 0 spiro atoms. The Bertz CT molecular complexity index is 1140. The first-order valence-corrected chi connectivity index (χ1v) is 13.9. The molecule has 0 bridgehead atoms. The maximum Gasteiger partial charge on any atom is 0.330 e. The van der Waals surface area contributed by atoms with E-state index in [1.807, 2.05) is 49.4 Å². The summed E-state index contributed by atoms with van der Waals surface area (Å²) in [5.74, 6) is 0.488. The molecule has 6 heteroatoms. The van der Waals surface area contributed by atoms with Gasteiger partial charge in [-0.15, -0.1) is 0 Å². The van der Waals surface area contributed by atoms with Crippen LogP contribution in [0.25, 0.3) is 0 Å². The zero-order chi connectivity index (χ0) is 23.3. The molecule has 4 rings (SSSR count). The summed E-state index contributed by atoms with van der Waals surface area (Å²) in [6.45, 7) is 4.18. The van der Waals surface area contributed by atoms with E-state index >= 15 is 0 Å². The van der Waals surface area contributed by atoms with Crippen LogP contribution in [0.2, 0.25) is 0 Å². The minimum Gasteiger partial charge on any atom is -0.486 e. The molecule has 1 aliphatic heterocycles. The van der Waals surface area contributed by atoms with Gasteiger partial charge < -0.3 is 9.47 Å². The molecule has 0 fully saturated rings. The minimum atomic E-state index is -2.33. The van der Waals surface area contributed by atoms with Crippen LogP contribution < -0.4 is 20.4 Å². The van der Waals surface area contributed by atoms with Gasteiger partial charge in [0.05, 0.1) is 12.8 Å². The number of rotatable bonds is 7. The molecule has 1 aliphatic rings. The number of nitrogens with one attached hydrogen (secondary N) is 1. The van der Waals surface area contributed by atoms with Crippen LogP contribution in [-0.4, -0.2) is 18.7 Å². The van der Waals surface area contributed by atoms with Crippen LogP contribution >= 0.6 is 6.19 Å². The fraction of sp³-hybridized carbons (Fsp3) is 0.222. The Morgan fingerprint density at radius 3 is 2.30 bits per heavy atom. The third-order valence-corrected chi connectivity index (χ3v) is 9.97. The second kappa shape index (κ2) is 10.5. The van der Waals surface area contributed by atoms with E-state index in [2.05, 4.69) is 41.5 Å². The highest BCUT2D eigenvalue weighted by Gasteiger charge is 2.33. The quantitative estimate of drug-likeness (QED) is 0.297. The first-order chi connectivity index (χ1) is 16.0. The Balaban J connectivity index is 1.73. The standard InChI is InChI=1S/C27H28NO3PS/c1-3-30-26(29)18-17-21-19-25(24-16-10-11-20(2)27(24)31-21)28-32(33,22-12-6-4-7-13-22)23-14-8-5-9-15-23/h4-18,21,25H,3,19H2,1-2H3,(H,28,33)/b18-17+. The molecule has 2 unspecified atom stereocenters. The van der Waals surface area contributed by atoms with Gasteiger partial charge in [0.25, 0.3) is 0 Å². The molecule has 170 valence electrons. The van der Waals surface area contributed by atoms with Crippen molar-refractivity contribution >= 4 is 34.6 Å². The lowest BCUT2D eigenvalue weighted by atomic mass is 9.95. The summed E-state index contributed by atoms with van der Waals surface area (Å²) in [6.07, 6.45) is 1.31. The average Bonchev–Trinajstić information content (AvgIpc) is 2.84. The summed E-state index contributed by atoms with van der Waals surface area (Å²) in [4.78, 5) is 11.9. The SMILES string of the molecule is CCOC(=O)/C=C/C1CC(NP(=S)(c2ccccc2)c2ccccc2)c2cccc(C)c2O1. The molecule has 3 aromatic carbocycles. The summed E-state index contributed by atoms with van der Waals surface area (Å²) >= 11 is 6.42. The molecule has 0 saturated carbocycles. The van der Waals surface area contributed by atoms with Gasteiger partial charge in [-0.05, 0) is 25.5 Å². The lowest BCUT2D eigenvalue weighted by Gasteiger charge is -2.36. The van der Waals surface area contributed by atoms with Crippen molar-refractivity contribution in [3.8, 4) is 5.75 Å². The van der Waals surface area contributed by atoms with Crippen LogP contribution in [0.15, 0.2) is 91.0 Å². The molecule has 0 aliphatic carbocycles. The number of para-hydroxylation sites is 1. The van der Waals surface area contributed by atoms with E-state index in [1.165, 1.54) is 6.08 Å². The lowest BCUT2D eigenvalue weighted by Crippen LogP contribution is -2.36. The van der Waals surface area contributed by atoms with Crippen LogP contribution in [0, 0.1) is 6.92 Å². The van der Waals surface area contributed by atoms with Crippen molar-refractivity contribution in [3.05, 3.63) is 102 Å². The third-order valence-electron chi connectivity index (χ3n) is 5.67. The second-order valence-corrected chi connectivity index (χ2v) is 12.1. The smallest absolute Gasteiger partial charge is 0.330 e. The zero-order valence-electron chi connectivity index (χ0n) is 18.8. The van der Waals surface area contributed by atoms with Crippen molar-refractivity contribution in [2.45, 2.75) is 32.4 Å². The van der Waals surface area contributed by atoms with Crippen LogP contribution in [0.3, 0.4) is 0 Å². The molecule has 0 saturated heterocycles. The van der Waals surface area contributed by atoms with Gasteiger partial charge in [0.2, 0.25) is 0 Å². The molecule has 0 amide bonds. The van der Waals surface area contributed by atoms with E-state index in [4.69, 9.17) is 21.3 Å².